The first kappa shape index (κ1) is 19.7. The van der Waals surface area contributed by atoms with Gasteiger partial charge in [0, 0.05) is 26.2 Å². The van der Waals surface area contributed by atoms with Crippen molar-refractivity contribution in [2.75, 3.05) is 37.7 Å². The molecule has 3 rings (SSSR count). The lowest BCUT2D eigenvalue weighted by atomic mass is 10.1. The van der Waals surface area contributed by atoms with Crippen molar-refractivity contribution in [2.45, 2.75) is 11.8 Å². The Hall–Kier alpha value is -3.07. The highest BCUT2D eigenvalue weighted by Gasteiger charge is 2.30. The van der Waals surface area contributed by atoms with Crippen molar-refractivity contribution in [3.05, 3.63) is 53.6 Å². The van der Waals surface area contributed by atoms with Crippen LogP contribution in [0.5, 0.6) is 5.75 Å². The van der Waals surface area contributed by atoms with Gasteiger partial charge in [-0.25, -0.2) is 8.42 Å². The van der Waals surface area contributed by atoms with Gasteiger partial charge in [0.2, 0.25) is 10.0 Å². The maximum atomic E-state index is 12.9. The van der Waals surface area contributed by atoms with Gasteiger partial charge in [0.1, 0.15) is 17.9 Å². The normalized spacial score (nSPS) is 14.9. The Morgan fingerprint density at radius 3 is 2.04 bits per heavy atom. The van der Waals surface area contributed by atoms with Gasteiger partial charge >= 0.3 is 0 Å². The summed E-state index contributed by atoms with van der Waals surface area (Å²) >= 11 is 0. The lowest BCUT2D eigenvalue weighted by Crippen LogP contribution is -2.49. The van der Waals surface area contributed by atoms with Crippen LogP contribution in [0.4, 0.5) is 5.69 Å². The lowest BCUT2D eigenvalue weighted by Gasteiger charge is -2.36. The van der Waals surface area contributed by atoms with Crippen LogP contribution in [-0.2, 0) is 10.0 Å². The molecule has 2 aromatic carbocycles. The van der Waals surface area contributed by atoms with Crippen LogP contribution in [0, 0.1) is 22.7 Å². The fourth-order valence-electron chi connectivity index (χ4n) is 3.24. The molecule has 1 saturated heterocycles. The number of nitrogens with zero attached hydrogens (tertiary/aromatic N) is 4. The van der Waals surface area contributed by atoms with Crippen LogP contribution in [-0.4, -0.2) is 45.5 Å². The van der Waals surface area contributed by atoms with Gasteiger partial charge in [-0.3, -0.25) is 0 Å². The third-order valence-corrected chi connectivity index (χ3v) is 6.52. The maximum absolute atomic E-state index is 12.9. The Morgan fingerprint density at radius 2 is 1.54 bits per heavy atom. The summed E-state index contributed by atoms with van der Waals surface area (Å²) in [5.74, 6) is 0.628. The summed E-state index contributed by atoms with van der Waals surface area (Å²) in [6, 6.07) is 15.6. The van der Waals surface area contributed by atoms with Gasteiger partial charge in [-0.2, -0.15) is 14.8 Å². The summed E-state index contributed by atoms with van der Waals surface area (Å²) in [5.41, 5.74) is 1.41. The van der Waals surface area contributed by atoms with E-state index in [1.54, 1.807) is 42.5 Å². The van der Waals surface area contributed by atoms with Gasteiger partial charge in [0.15, 0.2) is 0 Å². The van der Waals surface area contributed by atoms with E-state index < -0.39 is 10.0 Å². The van der Waals surface area contributed by atoms with Gasteiger partial charge in [-0.05, 0) is 43.3 Å². The van der Waals surface area contributed by atoms with E-state index in [1.165, 1.54) is 4.31 Å². The lowest BCUT2D eigenvalue weighted by molar-refractivity contribution is 0.340. The average molecular weight is 396 g/mol. The molecule has 1 aliphatic heterocycles. The SMILES string of the molecule is CCOc1ccc(S(=O)(=O)N2CCN(c3c(C#N)cccc3C#N)CC2)cc1. The van der Waals surface area contributed by atoms with Gasteiger partial charge in [0.25, 0.3) is 0 Å². The van der Waals surface area contributed by atoms with E-state index >= 15 is 0 Å². The van der Waals surface area contributed by atoms with Crippen LogP contribution < -0.4 is 9.64 Å². The number of hydrogen-bond acceptors (Lipinski definition) is 6. The number of sulfonamides is 1. The van der Waals surface area contributed by atoms with Crippen molar-refractivity contribution in [1.29, 1.82) is 10.5 Å². The molecule has 0 unspecified atom stereocenters. The number of anilines is 1. The molecule has 28 heavy (non-hydrogen) atoms. The Morgan fingerprint density at radius 1 is 0.964 bits per heavy atom. The zero-order valence-electron chi connectivity index (χ0n) is 15.5. The van der Waals surface area contributed by atoms with Crippen LogP contribution in [0.25, 0.3) is 0 Å². The third-order valence-electron chi connectivity index (χ3n) is 4.60. The van der Waals surface area contributed by atoms with Crippen molar-refractivity contribution >= 4 is 15.7 Å². The fourth-order valence-corrected chi connectivity index (χ4v) is 4.66. The van der Waals surface area contributed by atoms with Gasteiger partial charge in [-0.1, -0.05) is 6.07 Å². The van der Waals surface area contributed by atoms with E-state index in [0.717, 1.165) is 0 Å². The Balaban J connectivity index is 1.77. The Kier molecular flexibility index (Phi) is 5.84. The average Bonchev–Trinajstić information content (AvgIpc) is 2.73. The minimum atomic E-state index is -3.61. The quantitative estimate of drug-likeness (QED) is 0.769. The van der Waals surface area contributed by atoms with Crippen LogP contribution >= 0.6 is 0 Å². The molecule has 1 aliphatic rings. The largest absolute Gasteiger partial charge is 0.494 e. The molecule has 0 radical (unpaired) electrons. The zero-order chi connectivity index (χ0) is 20.1. The molecule has 8 heteroatoms. The first-order valence-corrected chi connectivity index (χ1v) is 10.4. The molecule has 7 nitrogen and oxygen atoms in total. The fraction of sp³-hybridized carbons (Fsp3) is 0.300. The number of nitriles is 2. The predicted octanol–water partition coefficient (Wildman–Crippen LogP) is 2.34. The van der Waals surface area contributed by atoms with Crippen molar-refractivity contribution in [2.24, 2.45) is 0 Å². The Labute approximate surface area is 165 Å². The first-order valence-electron chi connectivity index (χ1n) is 8.92. The summed E-state index contributed by atoms with van der Waals surface area (Å²) in [4.78, 5) is 2.13. The molecular formula is C20H20N4O3S. The summed E-state index contributed by atoms with van der Waals surface area (Å²) in [7, 11) is -3.61. The molecule has 0 bridgehead atoms. The number of rotatable bonds is 5. The monoisotopic (exact) mass is 396 g/mol. The standard InChI is InChI=1S/C20H20N4O3S/c1-2-27-18-6-8-19(9-7-18)28(25,26)24-12-10-23(11-13-24)20-16(14-21)4-3-5-17(20)15-22/h3-9H,2,10-13H2,1H3. The molecule has 0 atom stereocenters. The predicted molar refractivity (Wildman–Crippen MR) is 104 cm³/mol. The van der Waals surface area contributed by atoms with Crippen molar-refractivity contribution < 1.29 is 13.2 Å². The highest BCUT2D eigenvalue weighted by Crippen LogP contribution is 2.27. The molecule has 0 aromatic heterocycles. The van der Waals surface area contributed by atoms with Crippen molar-refractivity contribution in [1.82, 2.24) is 4.31 Å². The minimum absolute atomic E-state index is 0.222. The van der Waals surface area contributed by atoms with Crippen molar-refractivity contribution in [3.8, 4) is 17.9 Å². The number of benzene rings is 2. The van der Waals surface area contributed by atoms with E-state index in [1.807, 2.05) is 11.8 Å². The van der Waals surface area contributed by atoms with Crippen LogP contribution in [0.2, 0.25) is 0 Å². The molecule has 2 aromatic rings. The van der Waals surface area contributed by atoms with E-state index in [4.69, 9.17) is 4.74 Å². The first-order chi connectivity index (χ1) is 13.5. The van der Waals surface area contributed by atoms with Crippen molar-refractivity contribution in [3.63, 3.8) is 0 Å². The molecule has 0 N–H and O–H groups in total. The molecule has 0 amide bonds. The van der Waals surface area contributed by atoms with Gasteiger partial charge < -0.3 is 9.64 Å². The second-order valence-corrected chi connectivity index (χ2v) is 8.16. The van der Waals surface area contributed by atoms with E-state index in [-0.39, 0.29) is 18.0 Å². The van der Waals surface area contributed by atoms with Crippen LogP contribution in [0.15, 0.2) is 47.4 Å². The topological polar surface area (TPSA) is 97.4 Å². The minimum Gasteiger partial charge on any atom is -0.494 e. The second kappa shape index (κ2) is 8.30. The highest BCUT2D eigenvalue weighted by molar-refractivity contribution is 7.89. The summed E-state index contributed by atoms with van der Waals surface area (Å²) < 4.78 is 32.6. The molecule has 0 spiro atoms. The maximum Gasteiger partial charge on any atom is 0.243 e. The molecule has 144 valence electrons. The number of piperazine rings is 1. The number of ether oxygens (including phenoxy) is 1. The summed E-state index contributed by atoms with van der Waals surface area (Å²) in [6.07, 6.45) is 0. The van der Waals surface area contributed by atoms with Gasteiger partial charge in [0.05, 0.1) is 28.3 Å². The van der Waals surface area contributed by atoms with Gasteiger partial charge in [-0.15, -0.1) is 0 Å². The van der Waals surface area contributed by atoms with E-state index in [2.05, 4.69) is 12.1 Å². The summed E-state index contributed by atoms with van der Waals surface area (Å²) in [6.45, 7) is 3.75. The van der Waals surface area contributed by atoms with Crippen LogP contribution in [0.1, 0.15) is 18.1 Å². The van der Waals surface area contributed by atoms with E-state index in [0.29, 0.717) is 42.3 Å². The molecule has 0 saturated carbocycles. The Bertz CT molecular complexity index is 996. The molecular weight excluding hydrogens is 376 g/mol. The van der Waals surface area contributed by atoms with Crippen LogP contribution in [0.3, 0.4) is 0 Å². The second-order valence-electron chi connectivity index (χ2n) is 6.22. The number of para-hydroxylation sites is 1. The number of hydrogen-bond donors (Lipinski definition) is 0. The third kappa shape index (κ3) is 3.79. The smallest absolute Gasteiger partial charge is 0.243 e. The molecule has 0 aliphatic carbocycles. The summed E-state index contributed by atoms with van der Waals surface area (Å²) in [5, 5.41) is 18.7. The molecule has 1 fully saturated rings. The molecule has 1 heterocycles. The van der Waals surface area contributed by atoms with E-state index in [9.17, 15) is 18.9 Å². The highest BCUT2D eigenvalue weighted by atomic mass is 32.2. The zero-order valence-corrected chi connectivity index (χ0v) is 16.3.